The second kappa shape index (κ2) is 6.32. The van der Waals surface area contributed by atoms with Crippen LogP contribution in [-0.4, -0.2) is 19.6 Å². The van der Waals surface area contributed by atoms with Crippen LogP contribution in [0, 0.1) is 12.7 Å². The summed E-state index contributed by atoms with van der Waals surface area (Å²) in [7, 11) is 0. The van der Waals surface area contributed by atoms with E-state index in [4.69, 9.17) is 0 Å². The molecule has 0 spiro atoms. The van der Waals surface area contributed by atoms with Gasteiger partial charge < -0.3 is 5.32 Å². The first-order valence-electron chi connectivity index (χ1n) is 7.98. The second-order valence-electron chi connectivity index (χ2n) is 5.79. The van der Waals surface area contributed by atoms with Gasteiger partial charge in [0.05, 0.1) is 5.69 Å². The highest BCUT2D eigenvalue weighted by Gasteiger charge is 2.12. The smallest absolute Gasteiger partial charge is 0.254 e. The Bertz CT molecular complexity index is 1030. The number of hydrogen-bond acceptors (Lipinski definition) is 4. The van der Waals surface area contributed by atoms with E-state index < -0.39 is 0 Å². The van der Waals surface area contributed by atoms with Crippen molar-refractivity contribution in [3.8, 4) is 0 Å². The number of anilines is 2. The van der Waals surface area contributed by atoms with Gasteiger partial charge in [0, 0.05) is 18.2 Å². The normalized spacial score (nSPS) is 11.0. The largest absolute Gasteiger partial charge is 0.338 e. The maximum atomic E-state index is 13.9. The number of nitrogens with zero attached hydrogens (tertiary/aromatic N) is 4. The van der Waals surface area contributed by atoms with Crippen molar-refractivity contribution < 1.29 is 4.39 Å². The number of para-hydroxylation sites is 1. The summed E-state index contributed by atoms with van der Waals surface area (Å²) >= 11 is 0. The van der Waals surface area contributed by atoms with E-state index in [-0.39, 0.29) is 5.82 Å². The SMILES string of the molecule is Cc1cc(Nc2ccccc2F)n2nc(Cc3ccccc3)nc2n1. The van der Waals surface area contributed by atoms with E-state index in [1.165, 1.54) is 6.07 Å². The average molecular weight is 333 g/mol. The molecule has 4 aromatic rings. The van der Waals surface area contributed by atoms with Crippen molar-refractivity contribution in [2.75, 3.05) is 5.32 Å². The first kappa shape index (κ1) is 15.3. The monoisotopic (exact) mass is 333 g/mol. The molecule has 0 fully saturated rings. The van der Waals surface area contributed by atoms with Crippen LogP contribution in [0.25, 0.3) is 5.78 Å². The summed E-state index contributed by atoms with van der Waals surface area (Å²) in [6.45, 7) is 1.87. The Morgan fingerprint density at radius 2 is 1.76 bits per heavy atom. The zero-order valence-electron chi connectivity index (χ0n) is 13.6. The van der Waals surface area contributed by atoms with E-state index in [1.807, 2.05) is 43.3 Å². The first-order chi connectivity index (χ1) is 12.2. The van der Waals surface area contributed by atoms with Crippen LogP contribution in [0.4, 0.5) is 15.9 Å². The van der Waals surface area contributed by atoms with E-state index in [0.29, 0.717) is 29.5 Å². The summed E-state index contributed by atoms with van der Waals surface area (Å²) in [6, 6.07) is 18.3. The molecule has 6 heteroatoms. The molecule has 2 aromatic carbocycles. The molecule has 4 rings (SSSR count). The van der Waals surface area contributed by atoms with Gasteiger partial charge >= 0.3 is 0 Å². The zero-order valence-corrected chi connectivity index (χ0v) is 13.6. The topological polar surface area (TPSA) is 55.1 Å². The van der Waals surface area contributed by atoms with E-state index >= 15 is 0 Å². The molecule has 2 heterocycles. The highest BCUT2D eigenvalue weighted by molar-refractivity contribution is 5.59. The van der Waals surface area contributed by atoms with Gasteiger partial charge in [0.2, 0.25) is 0 Å². The summed E-state index contributed by atoms with van der Waals surface area (Å²) < 4.78 is 15.6. The van der Waals surface area contributed by atoms with Crippen molar-refractivity contribution in [1.29, 1.82) is 0 Å². The number of aryl methyl sites for hydroxylation is 1. The third kappa shape index (κ3) is 3.19. The van der Waals surface area contributed by atoms with Crippen LogP contribution in [0.2, 0.25) is 0 Å². The maximum absolute atomic E-state index is 13.9. The molecule has 0 aliphatic rings. The number of aromatic nitrogens is 4. The summed E-state index contributed by atoms with van der Waals surface area (Å²) in [5.41, 5.74) is 2.29. The van der Waals surface area contributed by atoms with Gasteiger partial charge in [0.25, 0.3) is 5.78 Å². The third-order valence-electron chi connectivity index (χ3n) is 3.83. The van der Waals surface area contributed by atoms with E-state index in [9.17, 15) is 4.39 Å². The van der Waals surface area contributed by atoms with Crippen molar-refractivity contribution in [3.05, 3.63) is 83.6 Å². The molecule has 0 saturated heterocycles. The fourth-order valence-electron chi connectivity index (χ4n) is 2.67. The van der Waals surface area contributed by atoms with Crippen LogP contribution in [-0.2, 0) is 6.42 Å². The van der Waals surface area contributed by atoms with Crippen LogP contribution in [0.15, 0.2) is 60.7 Å². The standard InChI is InChI=1S/C19H16FN5/c1-13-11-18(22-16-10-6-5-9-15(16)20)25-19(21-13)23-17(24-25)12-14-7-3-2-4-8-14/h2-11,22H,12H2,1H3. The maximum Gasteiger partial charge on any atom is 0.254 e. The number of fused-ring (bicyclic) bond motifs is 1. The van der Waals surface area contributed by atoms with Crippen LogP contribution < -0.4 is 5.32 Å². The lowest BCUT2D eigenvalue weighted by Gasteiger charge is -2.09. The van der Waals surface area contributed by atoms with Gasteiger partial charge in [-0.25, -0.2) is 9.37 Å². The Morgan fingerprint density at radius 1 is 1.00 bits per heavy atom. The lowest BCUT2D eigenvalue weighted by Crippen LogP contribution is -2.04. The quantitative estimate of drug-likeness (QED) is 0.615. The molecule has 25 heavy (non-hydrogen) atoms. The van der Waals surface area contributed by atoms with Gasteiger partial charge in [0.1, 0.15) is 11.6 Å². The fourth-order valence-corrected chi connectivity index (χ4v) is 2.67. The minimum atomic E-state index is -0.324. The number of hydrogen-bond donors (Lipinski definition) is 1. The lowest BCUT2D eigenvalue weighted by molar-refractivity contribution is 0.631. The van der Waals surface area contributed by atoms with Gasteiger partial charge in [-0.15, -0.1) is 5.10 Å². The molecule has 0 radical (unpaired) electrons. The molecule has 0 bridgehead atoms. The van der Waals surface area contributed by atoms with Gasteiger partial charge in [-0.3, -0.25) is 0 Å². The Hall–Kier alpha value is -3.28. The van der Waals surface area contributed by atoms with Gasteiger partial charge in [0.15, 0.2) is 5.82 Å². The predicted octanol–water partition coefficient (Wildman–Crippen LogP) is 3.91. The first-order valence-corrected chi connectivity index (χ1v) is 7.98. The van der Waals surface area contributed by atoms with Crippen LogP contribution in [0.3, 0.4) is 0 Å². The molecular weight excluding hydrogens is 317 g/mol. The van der Waals surface area contributed by atoms with E-state index in [2.05, 4.69) is 20.4 Å². The molecule has 124 valence electrons. The minimum Gasteiger partial charge on any atom is -0.338 e. The van der Waals surface area contributed by atoms with Gasteiger partial charge in [-0.1, -0.05) is 42.5 Å². The molecular formula is C19H16FN5. The number of halogens is 1. The zero-order chi connectivity index (χ0) is 17.2. The molecule has 0 unspecified atom stereocenters. The van der Waals surface area contributed by atoms with Gasteiger partial charge in [-0.05, 0) is 24.6 Å². The molecule has 0 atom stereocenters. The highest BCUT2D eigenvalue weighted by atomic mass is 19.1. The molecule has 1 N–H and O–H groups in total. The summed E-state index contributed by atoms with van der Waals surface area (Å²) in [5, 5.41) is 7.61. The molecule has 5 nitrogen and oxygen atoms in total. The summed E-state index contributed by atoms with van der Waals surface area (Å²) in [6.07, 6.45) is 0.613. The number of rotatable bonds is 4. The van der Waals surface area contributed by atoms with Crippen molar-refractivity contribution in [3.63, 3.8) is 0 Å². The molecule has 0 amide bonds. The molecule has 2 aromatic heterocycles. The average Bonchev–Trinajstić information content (AvgIpc) is 3.00. The van der Waals surface area contributed by atoms with Crippen molar-refractivity contribution in [2.24, 2.45) is 0 Å². The molecule has 0 aliphatic carbocycles. The van der Waals surface area contributed by atoms with Crippen LogP contribution >= 0.6 is 0 Å². The Morgan fingerprint density at radius 3 is 2.56 bits per heavy atom. The highest BCUT2D eigenvalue weighted by Crippen LogP contribution is 2.21. The van der Waals surface area contributed by atoms with Crippen molar-refractivity contribution >= 4 is 17.3 Å². The third-order valence-corrected chi connectivity index (χ3v) is 3.83. The summed E-state index contributed by atoms with van der Waals surface area (Å²) in [5.74, 6) is 1.46. The molecule has 0 aliphatic heterocycles. The van der Waals surface area contributed by atoms with Crippen LogP contribution in [0.1, 0.15) is 17.1 Å². The molecule has 0 saturated carbocycles. The van der Waals surface area contributed by atoms with Gasteiger partial charge in [-0.2, -0.15) is 9.50 Å². The van der Waals surface area contributed by atoms with Crippen molar-refractivity contribution in [1.82, 2.24) is 19.6 Å². The lowest BCUT2D eigenvalue weighted by atomic mass is 10.1. The second-order valence-corrected chi connectivity index (χ2v) is 5.79. The predicted molar refractivity (Wildman–Crippen MR) is 94.4 cm³/mol. The fraction of sp³-hybridized carbons (Fsp3) is 0.105. The van der Waals surface area contributed by atoms with Crippen LogP contribution in [0.5, 0.6) is 0 Å². The number of nitrogens with one attached hydrogen (secondary N) is 1. The Kier molecular flexibility index (Phi) is 3.85. The van der Waals surface area contributed by atoms with Crippen molar-refractivity contribution in [2.45, 2.75) is 13.3 Å². The Labute approximate surface area is 144 Å². The van der Waals surface area contributed by atoms with E-state index in [0.717, 1.165) is 11.3 Å². The number of benzene rings is 2. The minimum absolute atomic E-state index is 0.324. The summed E-state index contributed by atoms with van der Waals surface area (Å²) in [4.78, 5) is 8.92. The Balaban J connectivity index is 1.73. The van der Waals surface area contributed by atoms with E-state index in [1.54, 1.807) is 22.7 Å².